The predicted octanol–water partition coefficient (Wildman–Crippen LogP) is 0.822. The van der Waals surface area contributed by atoms with E-state index in [0.717, 1.165) is 6.08 Å². The van der Waals surface area contributed by atoms with Crippen molar-refractivity contribution in [3.8, 4) is 0 Å². The van der Waals surface area contributed by atoms with E-state index in [1.807, 2.05) is 0 Å². The van der Waals surface area contributed by atoms with Crippen LogP contribution in [0.4, 0.5) is 0 Å². The average molecular weight is 292 g/mol. The number of rotatable bonds is 6. The van der Waals surface area contributed by atoms with E-state index in [2.05, 4.69) is 10.3 Å². The molecule has 0 unspecified atom stereocenters. The van der Waals surface area contributed by atoms with E-state index in [1.54, 1.807) is 26.0 Å². The van der Waals surface area contributed by atoms with Crippen LogP contribution < -0.4 is 5.32 Å². The summed E-state index contributed by atoms with van der Waals surface area (Å²) in [4.78, 5) is 38.9. The lowest BCUT2D eigenvalue weighted by Gasteiger charge is -2.08. The molecule has 1 amide bonds. The first-order valence-corrected chi connectivity index (χ1v) is 6.36. The van der Waals surface area contributed by atoms with Gasteiger partial charge in [0.15, 0.2) is 0 Å². The Labute approximate surface area is 122 Å². The summed E-state index contributed by atoms with van der Waals surface area (Å²) in [6.07, 6.45) is 2.32. The molecule has 1 aromatic heterocycles. The zero-order valence-corrected chi connectivity index (χ0v) is 11.8. The Hall–Kier alpha value is -2.70. The number of aromatic nitrogens is 1. The molecule has 1 heterocycles. The average Bonchev–Trinajstić information content (AvgIpc) is 2.48. The number of pyridine rings is 1. The minimum Gasteiger partial charge on any atom is -0.463 e. The fraction of sp³-hybridized carbons (Fsp3) is 0.286. The minimum absolute atomic E-state index is 0.108. The second kappa shape index (κ2) is 8.47. The van der Waals surface area contributed by atoms with E-state index in [-0.39, 0.29) is 24.6 Å². The standard InChI is InChI=1S/C14H16N2O5/c1-3-20-12(17)9-11(14(19)21-4-2)16-13(18)10-7-5-6-8-15-10/h5-9H,3-4H2,1-2H3,(H,16,18). The van der Waals surface area contributed by atoms with Gasteiger partial charge in [0.1, 0.15) is 11.4 Å². The number of ether oxygens (including phenoxy) is 2. The van der Waals surface area contributed by atoms with E-state index < -0.39 is 17.8 Å². The van der Waals surface area contributed by atoms with Gasteiger partial charge in [0.2, 0.25) is 0 Å². The summed E-state index contributed by atoms with van der Waals surface area (Å²) in [5, 5.41) is 2.29. The molecule has 7 nitrogen and oxygen atoms in total. The zero-order valence-electron chi connectivity index (χ0n) is 11.8. The Balaban J connectivity index is 2.89. The highest BCUT2D eigenvalue weighted by molar-refractivity contribution is 6.03. The third kappa shape index (κ3) is 5.43. The predicted molar refractivity (Wildman–Crippen MR) is 73.1 cm³/mol. The van der Waals surface area contributed by atoms with Crippen LogP contribution in [-0.4, -0.2) is 36.0 Å². The van der Waals surface area contributed by atoms with Crippen molar-refractivity contribution < 1.29 is 23.9 Å². The number of nitrogens with one attached hydrogen (secondary N) is 1. The number of amides is 1. The molecular formula is C14H16N2O5. The summed E-state index contributed by atoms with van der Waals surface area (Å²) in [7, 11) is 0. The van der Waals surface area contributed by atoms with Crippen LogP contribution in [0.5, 0.6) is 0 Å². The third-order valence-corrected chi connectivity index (χ3v) is 2.19. The minimum atomic E-state index is -0.824. The first kappa shape index (κ1) is 16.4. The van der Waals surface area contributed by atoms with Gasteiger partial charge in [0.05, 0.1) is 19.3 Å². The van der Waals surface area contributed by atoms with Gasteiger partial charge in [-0.25, -0.2) is 9.59 Å². The van der Waals surface area contributed by atoms with Gasteiger partial charge in [0.25, 0.3) is 5.91 Å². The van der Waals surface area contributed by atoms with Gasteiger partial charge in [-0.1, -0.05) is 6.07 Å². The number of nitrogens with zero attached hydrogens (tertiary/aromatic N) is 1. The molecule has 0 fully saturated rings. The maximum Gasteiger partial charge on any atom is 0.355 e. The molecule has 0 saturated carbocycles. The van der Waals surface area contributed by atoms with Crippen molar-refractivity contribution in [2.45, 2.75) is 13.8 Å². The van der Waals surface area contributed by atoms with Crippen LogP contribution in [0.1, 0.15) is 24.3 Å². The topological polar surface area (TPSA) is 94.6 Å². The SMILES string of the molecule is CCOC(=O)C=C(NC(=O)c1ccccn1)C(=O)OCC. The third-order valence-electron chi connectivity index (χ3n) is 2.19. The first-order valence-electron chi connectivity index (χ1n) is 6.36. The summed E-state index contributed by atoms with van der Waals surface area (Å²) < 4.78 is 9.47. The summed E-state index contributed by atoms with van der Waals surface area (Å²) >= 11 is 0. The Morgan fingerprint density at radius 1 is 1.19 bits per heavy atom. The van der Waals surface area contributed by atoms with Gasteiger partial charge >= 0.3 is 11.9 Å². The molecule has 0 aliphatic carbocycles. The van der Waals surface area contributed by atoms with Gasteiger partial charge in [-0.15, -0.1) is 0 Å². The molecule has 1 aromatic rings. The fourth-order valence-electron chi connectivity index (χ4n) is 1.34. The maximum atomic E-state index is 11.9. The molecule has 7 heteroatoms. The van der Waals surface area contributed by atoms with Crippen LogP contribution in [-0.2, 0) is 19.1 Å². The van der Waals surface area contributed by atoms with E-state index in [1.165, 1.54) is 12.3 Å². The lowest BCUT2D eigenvalue weighted by Crippen LogP contribution is -2.30. The highest BCUT2D eigenvalue weighted by Gasteiger charge is 2.17. The summed E-state index contributed by atoms with van der Waals surface area (Å²) in [6, 6.07) is 4.75. The van der Waals surface area contributed by atoms with Crippen LogP contribution >= 0.6 is 0 Å². The van der Waals surface area contributed by atoms with Gasteiger partial charge in [0, 0.05) is 6.20 Å². The van der Waals surface area contributed by atoms with Crippen molar-refractivity contribution in [2.75, 3.05) is 13.2 Å². The molecule has 112 valence electrons. The number of carbonyl (C=O) groups is 3. The van der Waals surface area contributed by atoms with Crippen molar-refractivity contribution in [1.82, 2.24) is 10.3 Å². The van der Waals surface area contributed by atoms with Crippen LogP contribution in [0.2, 0.25) is 0 Å². The molecule has 1 rings (SSSR count). The molecule has 0 atom stereocenters. The highest BCUT2D eigenvalue weighted by Crippen LogP contribution is 2.00. The summed E-state index contributed by atoms with van der Waals surface area (Å²) in [5.74, 6) is -2.20. The van der Waals surface area contributed by atoms with Crippen LogP contribution in [0, 0.1) is 0 Å². The molecule has 0 spiro atoms. The second-order valence-corrected chi connectivity index (χ2v) is 3.70. The number of carbonyl (C=O) groups excluding carboxylic acids is 3. The zero-order chi connectivity index (χ0) is 15.7. The molecule has 0 saturated heterocycles. The molecule has 1 N–H and O–H groups in total. The van der Waals surface area contributed by atoms with E-state index in [0.29, 0.717) is 0 Å². The lowest BCUT2D eigenvalue weighted by atomic mass is 10.3. The number of hydrogen-bond donors (Lipinski definition) is 1. The molecule has 0 bridgehead atoms. The van der Waals surface area contributed by atoms with Crippen LogP contribution in [0.3, 0.4) is 0 Å². The lowest BCUT2D eigenvalue weighted by molar-refractivity contribution is -0.141. The summed E-state index contributed by atoms with van der Waals surface area (Å²) in [6.45, 7) is 3.50. The Kier molecular flexibility index (Phi) is 6.59. The molecule has 21 heavy (non-hydrogen) atoms. The smallest absolute Gasteiger partial charge is 0.355 e. The van der Waals surface area contributed by atoms with Crippen molar-refractivity contribution in [3.63, 3.8) is 0 Å². The summed E-state index contributed by atoms with van der Waals surface area (Å²) in [5.41, 5.74) is -0.192. The normalized spacial score (nSPS) is 10.7. The van der Waals surface area contributed by atoms with Crippen molar-refractivity contribution in [3.05, 3.63) is 41.9 Å². The maximum absolute atomic E-state index is 11.9. The van der Waals surface area contributed by atoms with Crippen LogP contribution in [0.15, 0.2) is 36.2 Å². The molecule has 0 radical (unpaired) electrons. The number of hydrogen-bond acceptors (Lipinski definition) is 6. The van der Waals surface area contributed by atoms with Crippen molar-refractivity contribution >= 4 is 17.8 Å². The van der Waals surface area contributed by atoms with Gasteiger partial charge in [-0.3, -0.25) is 9.78 Å². The van der Waals surface area contributed by atoms with E-state index >= 15 is 0 Å². The molecule has 0 aliphatic rings. The van der Waals surface area contributed by atoms with Gasteiger partial charge < -0.3 is 14.8 Å². The van der Waals surface area contributed by atoms with Crippen molar-refractivity contribution in [2.24, 2.45) is 0 Å². The Morgan fingerprint density at radius 2 is 1.90 bits per heavy atom. The largest absolute Gasteiger partial charge is 0.463 e. The second-order valence-electron chi connectivity index (χ2n) is 3.70. The fourth-order valence-corrected chi connectivity index (χ4v) is 1.34. The van der Waals surface area contributed by atoms with Crippen molar-refractivity contribution in [1.29, 1.82) is 0 Å². The van der Waals surface area contributed by atoms with Gasteiger partial charge in [-0.05, 0) is 26.0 Å². The monoisotopic (exact) mass is 292 g/mol. The molecule has 0 aliphatic heterocycles. The Bertz CT molecular complexity index is 540. The van der Waals surface area contributed by atoms with Gasteiger partial charge in [-0.2, -0.15) is 0 Å². The first-order chi connectivity index (χ1) is 10.1. The highest BCUT2D eigenvalue weighted by atomic mass is 16.5. The van der Waals surface area contributed by atoms with E-state index in [4.69, 9.17) is 9.47 Å². The van der Waals surface area contributed by atoms with Crippen LogP contribution in [0.25, 0.3) is 0 Å². The molecule has 0 aromatic carbocycles. The van der Waals surface area contributed by atoms with E-state index in [9.17, 15) is 14.4 Å². The quantitative estimate of drug-likeness (QED) is 0.616. The Morgan fingerprint density at radius 3 is 2.48 bits per heavy atom. The molecular weight excluding hydrogens is 276 g/mol. The number of esters is 2.